The number of benzene rings is 4. The van der Waals surface area contributed by atoms with E-state index < -0.39 is 0 Å². The van der Waals surface area contributed by atoms with Crippen molar-refractivity contribution in [3.63, 3.8) is 0 Å². The lowest BCUT2D eigenvalue weighted by atomic mass is 10.1. The van der Waals surface area contributed by atoms with Gasteiger partial charge in [-0.25, -0.2) is 0 Å². The summed E-state index contributed by atoms with van der Waals surface area (Å²) in [6.45, 7) is 8.41. The van der Waals surface area contributed by atoms with Crippen LogP contribution < -0.4 is 25.4 Å². The first-order valence-electron chi connectivity index (χ1n) is 11.7. The third kappa shape index (κ3) is 6.07. The van der Waals surface area contributed by atoms with E-state index in [1.165, 1.54) is 22.3 Å². The Morgan fingerprint density at radius 2 is 0.800 bits per heavy atom. The molecule has 0 spiro atoms. The topological polar surface area (TPSA) is 54.5 Å². The molecular formula is C30H33N3O2. The lowest BCUT2D eigenvalue weighted by Crippen LogP contribution is -2.02. The fourth-order valence-electron chi connectivity index (χ4n) is 4.28. The molecule has 35 heavy (non-hydrogen) atoms. The Kier molecular flexibility index (Phi) is 7.16. The highest BCUT2D eigenvalue weighted by atomic mass is 16.5. The van der Waals surface area contributed by atoms with E-state index in [9.17, 15) is 0 Å². The molecule has 0 unspecified atom stereocenters. The average Bonchev–Trinajstić information content (AvgIpc) is 2.80. The van der Waals surface area contributed by atoms with Crippen LogP contribution in [0.25, 0.3) is 0 Å². The van der Waals surface area contributed by atoms with E-state index in [1.54, 1.807) is 14.2 Å². The fraction of sp³-hybridized carbons (Fsp3) is 0.200. The van der Waals surface area contributed by atoms with Crippen molar-refractivity contribution in [1.82, 2.24) is 0 Å². The molecule has 0 aliphatic rings. The molecule has 0 saturated heterocycles. The highest BCUT2D eigenvalue weighted by molar-refractivity contribution is 5.85. The predicted molar refractivity (Wildman–Crippen MR) is 148 cm³/mol. The summed E-state index contributed by atoms with van der Waals surface area (Å²) in [6.07, 6.45) is 0. The summed E-state index contributed by atoms with van der Waals surface area (Å²) < 4.78 is 11.0. The van der Waals surface area contributed by atoms with E-state index in [2.05, 4.69) is 80.0 Å². The van der Waals surface area contributed by atoms with Crippen molar-refractivity contribution >= 4 is 34.1 Å². The van der Waals surface area contributed by atoms with Crippen LogP contribution in [0.15, 0.2) is 72.8 Å². The minimum Gasteiger partial charge on any atom is -0.497 e. The third-order valence-corrected chi connectivity index (χ3v) is 5.72. The summed E-state index contributed by atoms with van der Waals surface area (Å²) in [5, 5.41) is 10.7. The molecule has 0 bridgehead atoms. The SMILES string of the molecule is COc1ccc(Nc2ccc(OC)cc2Nc2cc(C)cc(C)c2)c(Nc2cc(C)cc(C)c2)c1. The molecule has 0 atom stereocenters. The Balaban J connectivity index is 1.71. The molecule has 4 aromatic carbocycles. The van der Waals surface area contributed by atoms with Gasteiger partial charge in [0.05, 0.1) is 37.0 Å². The molecule has 4 aromatic rings. The fourth-order valence-corrected chi connectivity index (χ4v) is 4.28. The minimum absolute atomic E-state index is 0.783. The molecule has 0 aliphatic carbocycles. The van der Waals surface area contributed by atoms with E-state index in [1.807, 2.05) is 36.4 Å². The molecule has 4 rings (SSSR count). The molecular weight excluding hydrogens is 434 g/mol. The van der Waals surface area contributed by atoms with Crippen molar-refractivity contribution in [3.8, 4) is 11.5 Å². The normalized spacial score (nSPS) is 10.6. The summed E-state index contributed by atoms with van der Waals surface area (Å²) in [5.41, 5.74) is 10.6. The maximum atomic E-state index is 5.50. The predicted octanol–water partition coefficient (Wildman–Crippen LogP) is 8.17. The summed E-state index contributed by atoms with van der Waals surface area (Å²) in [6, 6.07) is 24.8. The lowest BCUT2D eigenvalue weighted by molar-refractivity contribution is 0.415. The monoisotopic (exact) mass is 467 g/mol. The van der Waals surface area contributed by atoms with Crippen LogP contribution in [-0.4, -0.2) is 14.2 Å². The van der Waals surface area contributed by atoms with Crippen LogP contribution in [-0.2, 0) is 0 Å². The van der Waals surface area contributed by atoms with Crippen molar-refractivity contribution in [2.75, 3.05) is 30.2 Å². The summed E-state index contributed by atoms with van der Waals surface area (Å²) in [4.78, 5) is 0. The summed E-state index contributed by atoms with van der Waals surface area (Å²) in [7, 11) is 3.36. The number of ether oxygens (including phenoxy) is 2. The van der Waals surface area contributed by atoms with Gasteiger partial charge < -0.3 is 25.4 Å². The van der Waals surface area contributed by atoms with E-state index >= 15 is 0 Å². The first kappa shape index (κ1) is 24.0. The lowest BCUT2D eigenvalue weighted by Gasteiger charge is -2.19. The molecule has 0 radical (unpaired) electrons. The van der Waals surface area contributed by atoms with Gasteiger partial charge in [-0.15, -0.1) is 0 Å². The Morgan fingerprint density at radius 3 is 1.14 bits per heavy atom. The van der Waals surface area contributed by atoms with Crippen molar-refractivity contribution in [1.29, 1.82) is 0 Å². The zero-order valence-electron chi connectivity index (χ0n) is 21.2. The molecule has 3 N–H and O–H groups in total. The second kappa shape index (κ2) is 10.4. The molecule has 0 aromatic heterocycles. The number of methoxy groups -OCH3 is 2. The number of nitrogens with one attached hydrogen (secondary N) is 3. The Bertz CT molecular complexity index is 1200. The van der Waals surface area contributed by atoms with Gasteiger partial charge in [-0.2, -0.15) is 0 Å². The molecule has 180 valence electrons. The molecule has 5 nitrogen and oxygen atoms in total. The van der Waals surface area contributed by atoms with Gasteiger partial charge in [0.2, 0.25) is 0 Å². The van der Waals surface area contributed by atoms with E-state index in [0.717, 1.165) is 45.6 Å². The van der Waals surface area contributed by atoms with Crippen LogP contribution in [0.2, 0.25) is 0 Å². The molecule has 0 fully saturated rings. The van der Waals surface area contributed by atoms with Gasteiger partial charge in [0.15, 0.2) is 0 Å². The number of rotatable bonds is 8. The Labute approximate surface area is 208 Å². The number of hydrogen-bond donors (Lipinski definition) is 3. The largest absolute Gasteiger partial charge is 0.497 e. The van der Waals surface area contributed by atoms with E-state index in [4.69, 9.17) is 9.47 Å². The van der Waals surface area contributed by atoms with Crippen LogP contribution in [0.5, 0.6) is 11.5 Å². The third-order valence-electron chi connectivity index (χ3n) is 5.72. The van der Waals surface area contributed by atoms with Gasteiger partial charge >= 0.3 is 0 Å². The highest BCUT2D eigenvalue weighted by Crippen LogP contribution is 2.37. The van der Waals surface area contributed by atoms with Crippen molar-refractivity contribution in [2.24, 2.45) is 0 Å². The molecule has 0 saturated carbocycles. The van der Waals surface area contributed by atoms with Crippen molar-refractivity contribution in [2.45, 2.75) is 27.7 Å². The van der Waals surface area contributed by atoms with Gasteiger partial charge in [0, 0.05) is 23.5 Å². The van der Waals surface area contributed by atoms with Gasteiger partial charge in [-0.05, 0) is 98.5 Å². The van der Waals surface area contributed by atoms with Gasteiger partial charge in [0.1, 0.15) is 11.5 Å². The van der Waals surface area contributed by atoms with Gasteiger partial charge in [-0.1, -0.05) is 12.1 Å². The van der Waals surface area contributed by atoms with E-state index in [-0.39, 0.29) is 0 Å². The smallest absolute Gasteiger partial charge is 0.121 e. The maximum Gasteiger partial charge on any atom is 0.121 e. The first-order chi connectivity index (χ1) is 16.8. The van der Waals surface area contributed by atoms with E-state index in [0.29, 0.717) is 0 Å². The van der Waals surface area contributed by atoms with Crippen LogP contribution >= 0.6 is 0 Å². The minimum atomic E-state index is 0.783. The Morgan fingerprint density at radius 1 is 0.429 bits per heavy atom. The number of hydrogen-bond acceptors (Lipinski definition) is 5. The summed E-state index contributed by atoms with van der Waals surface area (Å²) >= 11 is 0. The van der Waals surface area contributed by atoms with Crippen LogP contribution in [0.1, 0.15) is 22.3 Å². The van der Waals surface area contributed by atoms with Gasteiger partial charge in [-0.3, -0.25) is 0 Å². The second-order valence-corrected chi connectivity index (χ2v) is 8.95. The van der Waals surface area contributed by atoms with Crippen LogP contribution in [0.4, 0.5) is 34.1 Å². The van der Waals surface area contributed by atoms with Crippen molar-refractivity contribution < 1.29 is 9.47 Å². The molecule has 0 amide bonds. The maximum absolute atomic E-state index is 5.50. The highest BCUT2D eigenvalue weighted by Gasteiger charge is 2.11. The zero-order chi connectivity index (χ0) is 24.9. The molecule has 5 heteroatoms. The van der Waals surface area contributed by atoms with Crippen molar-refractivity contribution in [3.05, 3.63) is 95.1 Å². The average molecular weight is 468 g/mol. The summed E-state index contributed by atoms with van der Waals surface area (Å²) in [5.74, 6) is 1.57. The molecule has 0 heterocycles. The van der Waals surface area contributed by atoms with Crippen LogP contribution in [0, 0.1) is 27.7 Å². The van der Waals surface area contributed by atoms with Gasteiger partial charge in [0.25, 0.3) is 0 Å². The quantitative estimate of drug-likeness (QED) is 0.244. The first-order valence-corrected chi connectivity index (χ1v) is 11.7. The zero-order valence-corrected chi connectivity index (χ0v) is 21.2. The Hall–Kier alpha value is -4.12. The molecule has 0 aliphatic heterocycles. The standard InChI is InChI=1S/C30H33N3O2/c1-19-11-20(2)14-23(13-19)31-29-17-25(34-5)7-9-27(29)33-28-10-8-26(35-6)18-30(28)32-24-15-21(3)12-22(4)16-24/h7-18,31-33H,1-6H3. The van der Waals surface area contributed by atoms with Crippen LogP contribution in [0.3, 0.4) is 0 Å². The number of anilines is 6. The second-order valence-electron chi connectivity index (χ2n) is 8.95. The number of aryl methyl sites for hydroxylation is 4.